The molecule has 400 valence electrons. The predicted octanol–water partition coefficient (Wildman–Crippen LogP) is 19.4. The van der Waals surface area contributed by atoms with Crippen LogP contribution in [0.3, 0.4) is 0 Å². The van der Waals surface area contributed by atoms with Crippen LogP contribution in [0.25, 0.3) is 21.7 Å². The van der Waals surface area contributed by atoms with Crippen molar-refractivity contribution in [3.05, 3.63) is 169 Å². The van der Waals surface area contributed by atoms with E-state index in [-0.39, 0.29) is 40.3 Å². The van der Waals surface area contributed by atoms with Crippen molar-refractivity contribution in [2.45, 2.75) is 187 Å². The fourth-order valence-corrected chi connectivity index (χ4v) is 5.67. The van der Waals surface area contributed by atoms with Gasteiger partial charge in [0.25, 0.3) is 11.4 Å². The quantitative estimate of drug-likeness (QED) is 0.121. The van der Waals surface area contributed by atoms with E-state index >= 15 is 0 Å². The molecule has 0 N–H and O–H groups in total. The van der Waals surface area contributed by atoms with E-state index in [2.05, 4.69) is 9.97 Å². The maximum atomic E-state index is 10.9. The first kappa shape index (κ1) is 78.5. The Morgan fingerprint density at radius 3 is 1.11 bits per heavy atom. The zero-order valence-corrected chi connectivity index (χ0v) is 47.9. The second-order valence-corrected chi connectivity index (χ2v) is 12.8. The lowest BCUT2D eigenvalue weighted by Crippen LogP contribution is -2.02. The number of hydrogen-bond acceptors (Lipinski definition) is 10. The van der Waals surface area contributed by atoms with Crippen LogP contribution in [0.2, 0.25) is 0 Å². The highest BCUT2D eigenvalue weighted by Crippen LogP contribution is 2.31. The molecule has 0 radical (unpaired) electrons. The maximum Gasteiger partial charge on any atom is 0.366 e. The average molecular weight is 991 g/mol. The third kappa shape index (κ3) is 25.6. The summed E-state index contributed by atoms with van der Waals surface area (Å²) in [5.41, 5.74) is 9.82. The van der Waals surface area contributed by atoms with Crippen molar-refractivity contribution in [3.63, 3.8) is 0 Å². The number of para-hydroxylation sites is 1. The Bertz CT molecular complexity index is 2400. The van der Waals surface area contributed by atoms with E-state index in [1.165, 1.54) is 6.07 Å². The Kier molecular flexibility index (Phi) is 50.5. The smallest absolute Gasteiger partial charge is 0.358 e. The van der Waals surface area contributed by atoms with Crippen molar-refractivity contribution in [1.82, 2.24) is 9.97 Å². The molecule has 0 unspecified atom stereocenters. The highest BCUT2D eigenvalue weighted by molar-refractivity contribution is 5.84. The first-order valence-corrected chi connectivity index (χ1v) is 24.7. The van der Waals surface area contributed by atoms with Gasteiger partial charge in [0, 0.05) is 46.7 Å². The lowest BCUT2D eigenvalue weighted by molar-refractivity contribution is -0.390. The molecule has 0 fully saturated rings. The molecule has 0 saturated carbocycles. The van der Waals surface area contributed by atoms with Gasteiger partial charge >= 0.3 is 11.6 Å². The summed E-state index contributed by atoms with van der Waals surface area (Å²) in [6.07, 6.45) is 0. The van der Waals surface area contributed by atoms with Gasteiger partial charge in [-0.1, -0.05) is 161 Å². The van der Waals surface area contributed by atoms with Crippen LogP contribution >= 0.6 is 0 Å². The van der Waals surface area contributed by atoms with Crippen LogP contribution in [0.15, 0.2) is 72.8 Å². The molecule has 0 aliphatic carbocycles. The first-order chi connectivity index (χ1) is 33.3. The number of non-ortho nitro benzene ring substituents is 1. The van der Waals surface area contributed by atoms with Crippen LogP contribution in [0.4, 0.5) is 23.0 Å². The van der Waals surface area contributed by atoms with Crippen molar-refractivity contribution in [2.75, 3.05) is 0 Å². The van der Waals surface area contributed by atoms with E-state index < -0.39 is 9.85 Å². The molecule has 0 atom stereocenters. The number of pyridine rings is 2. The average Bonchev–Trinajstić information content (AvgIpc) is 3.40. The van der Waals surface area contributed by atoms with Crippen LogP contribution in [-0.4, -0.2) is 29.7 Å². The van der Waals surface area contributed by atoms with Crippen LogP contribution in [-0.2, 0) is 0 Å². The highest BCUT2D eigenvalue weighted by Gasteiger charge is 2.21. The number of benzene rings is 4. The van der Waals surface area contributed by atoms with Crippen molar-refractivity contribution in [2.24, 2.45) is 0 Å². The first-order valence-electron chi connectivity index (χ1n) is 24.7. The Morgan fingerprint density at radius 1 is 0.352 bits per heavy atom. The van der Waals surface area contributed by atoms with E-state index in [1.807, 2.05) is 202 Å². The van der Waals surface area contributed by atoms with Gasteiger partial charge in [-0.2, -0.15) is 0 Å². The molecule has 0 amide bonds. The fraction of sp³-hybridized carbons (Fsp3) is 0.474. The Balaban J connectivity index is -0.000000140. The predicted molar refractivity (Wildman–Crippen MR) is 308 cm³/mol. The third-order valence-corrected chi connectivity index (χ3v) is 9.60. The van der Waals surface area contributed by atoms with Crippen molar-refractivity contribution in [1.29, 1.82) is 0 Å². The summed E-state index contributed by atoms with van der Waals surface area (Å²) in [7, 11) is 0. The second-order valence-electron chi connectivity index (χ2n) is 12.8. The van der Waals surface area contributed by atoms with Gasteiger partial charge in [0.1, 0.15) is 0 Å². The summed E-state index contributed by atoms with van der Waals surface area (Å²) in [4.78, 5) is 48.8. The molecule has 0 aliphatic heterocycles. The van der Waals surface area contributed by atoms with Crippen molar-refractivity contribution in [3.8, 4) is 0 Å². The molecular weight excluding hydrogens is 897 g/mol. The van der Waals surface area contributed by atoms with E-state index in [4.69, 9.17) is 0 Å². The fourth-order valence-electron chi connectivity index (χ4n) is 5.67. The molecule has 0 spiro atoms. The number of hydrogen-bond donors (Lipinski definition) is 0. The summed E-state index contributed by atoms with van der Waals surface area (Å²) < 4.78 is 0. The van der Waals surface area contributed by atoms with E-state index in [0.29, 0.717) is 16.6 Å². The minimum atomic E-state index is -0.457. The van der Waals surface area contributed by atoms with Crippen LogP contribution < -0.4 is 0 Å². The zero-order valence-electron chi connectivity index (χ0n) is 47.9. The van der Waals surface area contributed by atoms with Gasteiger partial charge in [0.15, 0.2) is 11.2 Å². The molecule has 2 aromatic heterocycles. The normalized spacial score (nSPS) is 8.48. The van der Waals surface area contributed by atoms with Crippen LogP contribution in [0.5, 0.6) is 0 Å². The number of nitrogens with zero attached hydrogens (tertiary/aromatic N) is 6. The van der Waals surface area contributed by atoms with Crippen molar-refractivity contribution >= 4 is 44.7 Å². The topological polar surface area (TPSA) is 198 Å². The number of rotatable bonds is 4. The van der Waals surface area contributed by atoms with Gasteiger partial charge < -0.3 is 20.2 Å². The number of aryl methyl sites for hydroxylation is 2. The van der Waals surface area contributed by atoms with E-state index in [1.54, 1.807) is 45.0 Å². The standard InChI is InChI=1S/C11H15NO2.C10H8N2O2.C10H7NO2.C9H12N2O2.8C2H6.CH4/c1-6-7(2)9(4)11(12(13)14)10(5)8(6)3;1-7-6-8-4-2-3-5-9(8)11-10(7)12(13)14;12-11(13)10-6-5-8-3-1-2-4-9(8)7-10;1-5-6(2)8(4)10-9(7(5)3)11(12)13;8*1-2;/h1-5H3;2-6H,1H3;1-7H;1-4H3;8*1-2H3;1H4. The van der Waals surface area contributed by atoms with Gasteiger partial charge in [-0.25, -0.2) is 0 Å². The highest BCUT2D eigenvalue weighted by atomic mass is 16.6. The summed E-state index contributed by atoms with van der Waals surface area (Å²) in [6.45, 7) is 50.5. The second kappa shape index (κ2) is 45.7. The van der Waals surface area contributed by atoms with Gasteiger partial charge in [0.05, 0.1) is 9.85 Å². The Morgan fingerprint density at radius 2 is 0.718 bits per heavy atom. The summed E-state index contributed by atoms with van der Waals surface area (Å²) in [6, 6.07) is 21.6. The lowest BCUT2D eigenvalue weighted by Gasteiger charge is -2.12. The molecule has 6 aromatic rings. The molecule has 4 aromatic carbocycles. The Hall–Kier alpha value is -6.70. The van der Waals surface area contributed by atoms with Gasteiger partial charge in [0.2, 0.25) is 0 Å². The molecule has 14 nitrogen and oxygen atoms in total. The molecule has 0 aliphatic rings. The van der Waals surface area contributed by atoms with E-state index in [0.717, 1.165) is 60.8 Å². The number of nitro groups is 4. The Labute approximate surface area is 429 Å². The van der Waals surface area contributed by atoms with Gasteiger partial charge in [-0.05, 0) is 139 Å². The molecular formula is C57H94N6O8. The summed E-state index contributed by atoms with van der Waals surface area (Å²) in [5, 5.41) is 45.4. The molecule has 2 heterocycles. The monoisotopic (exact) mass is 991 g/mol. The van der Waals surface area contributed by atoms with Crippen LogP contribution in [0.1, 0.15) is 174 Å². The summed E-state index contributed by atoms with van der Waals surface area (Å²) >= 11 is 0. The van der Waals surface area contributed by atoms with Gasteiger partial charge in [-0.15, -0.1) is 0 Å². The minimum Gasteiger partial charge on any atom is -0.358 e. The lowest BCUT2D eigenvalue weighted by atomic mass is 9.93. The number of aromatic nitrogens is 2. The van der Waals surface area contributed by atoms with Gasteiger partial charge in [-0.3, -0.25) is 20.2 Å². The third-order valence-electron chi connectivity index (χ3n) is 9.60. The molecule has 6 rings (SSSR count). The molecule has 14 heteroatoms. The number of nitro benzene ring substituents is 2. The SMILES string of the molecule is C.CC.CC.CC.CC.CC.CC.CC.CC.Cc1c(C)c(C)c([N+](=O)[O-])c(C)c1C.Cc1cc2ccccc2nc1[N+](=O)[O-].Cc1nc([N+](=O)[O-])c(C)c(C)c1C.O=[N+]([O-])c1ccc2ccccc2c1. The van der Waals surface area contributed by atoms with E-state index in [9.17, 15) is 40.5 Å². The van der Waals surface area contributed by atoms with Crippen LogP contribution in [0, 0.1) is 110 Å². The molecule has 0 bridgehead atoms. The minimum absolute atomic E-state index is 0. The molecule has 71 heavy (non-hydrogen) atoms. The maximum absolute atomic E-state index is 10.9. The van der Waals surface area contributed by atoms with Crippen molar-refractivity contribution < 1.29 is 19.7 Å². The largest absolute Gasteiger partial charge is 0.366 e. The summed E-state index contributed by atoms with van der Waals surface area (Å²) in [5.74, 6) is -0.0932. The molecule has 0 saturated heterocycles. The zero-order chi connectivity index (χ0) is 56.6. The number of fused-ring (bicyclic) bond motifs is 2.